The van der Waals surface area contributed by atoms with E-state index in [0.717, 1.165) is 19.3 Å². The summed E-state index contributed by atoms with van der Waals surface area (Å²) in [4.78, 5) is 24.5. The van der Waals surface area contributed by atoms with Crippen LogP contribution in [0.5, 0.6) is 0 Å². The highest BCUT2D eigenvalue weighted by Gasteiger charge is 2.35. The fourth-order valence-electron chi connectivity index (χ4n) is 3.42. The summed E-state index contributed by atoms with van der Waals surface area (Å²) in [6.45, 7) is 2.09. The molecule has 19 heavy (non-hydrogen) atoms. The van der Waals surface area contributed by atoms with Crippen molar-refractivity contribution in [2.75, 3.05) is 13.1 Å². The first-order chi connectivity index (χ1) is 9.11. The maximum atomic E-state index is 12.3. The van der Waals surface area contributed by atoms with Crippen LogP contribution in [0, 0.1) is 5.92 Å². The zero-order chi connectivity index (χ0) is 13.8. The van der Waals surface area contributed by atoms with Crippen molar-refractivity contribution < 1.29 is 14.7 Å². The van der Waals surface area contributed by atoms with E-state index in [1.54, 1.807) is 0 Å². The molecule has 1 saturated carbocycles. The van der Waals surface area contributed by atoms with Gasteiger partial charge in [0.05, 0.1) is 6.04 Å². The Labute approximate surface area is 114 Å². The van der Waals surface area contributed by atoms with Crippen molar-refractivity contribution in [3.05, 3.63) is 0 Å². The van der Waals surface area contributed by atoms with E-state index in [9.17, 15) is 9.59 Å². The highest BCUT2D eigenvalue weighted by atomic mass is 16.4. The summed E-state index contributed by atoms with van der Waals surface area (Å²) in [6.07, 6.45) is 6.91. The zero-order valence-electron chi connectivity index (χ0n) is 11.6. The summed E-state index contributed by atoms with van der Waals surface area (Å²) in [5.41, 5.74) is 0. The van der Waals surface area contributed by atoms with E-state index in [4.69, 9.17) is 5.11 Å². The minimum atomic E-state index is -0.943. The molecule has 5 heteroatoms. The number of carboxylic acids is 1. The SMILES string of the molecule is CCN(CC(=O)O)C(=O)C1CCC2CCCCC2N1. The summed E-state index contributed by atoms with van der Waals surface area (Å²) in [5, 5.41) is 12.3. The van der Waals surface area contributed by atoms with Gasteiger partial charge < -0.3 is 15.3 Å². The van der Waals surface area contributed by atoms with Crippen molar-refractivity contribution in [2.45, 2.75) is 57.5 Å². The van der Waals surface area contributed by atoms with Gasteiger partial charge in [-0.05, 0) is 38.5 Å². The second-order valence-electron chi connectivity index (χ2n) is 5.69. The molecular weight excluding hydrogens is 244 g/mol. The number of nitrogens with zero attached hydrogens (tertiary/aromatic N) is 1. The summed E-state index contributed by atoms with van der Waals surface area (Å²) in [5.74, 6) is -0.275. The van der Waals surface area contributed by atoms with Crippen LogP contribution in [0.15, 0.2) is 0 Å². The van der Waals surface area contributed by atoms with Crippen LogP contribution in [0.25, 0.3) is 0 Å². The molecule has 3 atom stereocenters. The summed E-state index contributed by atoms with van der Waals surface area (Å²) in [7, 11) is 0. The third kappa shape index (κ3) is 3.47. The second kappa shape index (κ2) is 6.37. The molecule has 2 rings (SSSR count). The molecule has 108 valence electrons. The number of carbonyl (C=O) groups excluding carboxylic acids is 1. The predicted molar refractivity (Wildman–Crippen MR) is 71.8 cm³/mol. The van der Waals surface area contributed by atoms with Gasteiger partial charge in [-0.25, -0.2) is 0 Å². The monoisotopic (exact) mass is 268 g/mol. The average Bonchev–Trinajstić information content (AvgIpc) is 2.43. The lowest BCUT2D eigenvalue weighted by molar-refractivity contribution is -0.145. The molecule has 0 bridgehead atoms. The number of likely N-dealkylation sites (N-methyl/N-ethyl adjacent to an activating group) is 1. The van der Waals surface area contributed by atoms with Gasteiger partial charge in [-0.3, -0.25) is 9.59 Å². The molecule has 2 fully saturated rings. The van der Waals surface area contributed by atoms with Crippen molar-refractivity contribution in [2.24, 2.45) is 5.92 Å². The lowest BCUT2D eigenvalue weighted by Crippen LogP contribution is -2.56. The fraction of sp³-hybridized carbons (Fsp3) is 0.857. The Kier molecular flexibility index (Phi) is 4.80. The second-order valence-corrected chi connectivity index (χ2v) is 5.69. The van der Waals surface area contributed by atoms with Gasteiger partial charge in [0.15, 0.2) is 0 Å². The van der Waals surface area contributed by atoms with Crippen LogP contribution in [-0.4, -0.2) is 47.1 Å². The molecule has 1 saturated heterocycles. The Bertz CT molecular complexity index is 346. The van der Waals surface area contributed by atoms with Crippen molar-refractivity contribution in [1.29, 1.82) is 0 Å². The third-order valence-electron chi connectivity index (χ3n) is 4.47. The van der Waals surface area contributed by atoms with E-state index in [0.29, 0.717) is 18.5 Å². The van der Waals surface area contributed by atoms with E-state index in [2.05, 4.69) is 5.32 Å². The molecule has 2 N–H and O–H groups in total. The lowest BCUT2D eigenvalue weighted by atomic mass is 9.77. The number of amides is 1. The molecule has 1 aliphatic carbocycles. The van der Waals surface area contributed by atoms with Crippen molar-refractivity contribution in [3.8, 4) is 0 Å². The topological polar surface area (TPSA) is 69.6 Å². The van der Waals surface area contributed by atoms with Gasteiger partial charge in [0, 0.05) is 12.6 Å². The maximum absolute atomic E-state index is 12.3. The number of carbonyl (C=O) groups is 2. The number of rotatable bonds is 4. The van der Waals surface area contributed by atoms with Crippen molar-refractivity contribution in [3.63, 3.8) is 0 Å². The average molecular weight is 268 g/mol. The van der Waals surface area contributed by atoms with E-state index < -0.39 is 5.97 Å². The number of carboxylic acid groups (broad SMARTS) is 1. The minimum Gasteiger partial charge on any atom is -0.480 e. The van der Waals surface area contributed by atoms with Gasteiger partial charge in [-0.15, -0.1) is 0 Å². The van der Waals surface area contributed by atoms with E-state index in [-0.39, 0.29) is 18.5 Å². The maximum Gasteiger partial charge on any atom is 0.323 e. The van der Waals surface area contributed by atoms with Crippen LogP contribution >= 0.6 is 0 Å². The largest absolute Gasteiger partial charge is 0.480 e. The summed E-state index contributed by atoms with van der Waals surface area (Å²) in [6, 6.07) is 0.277. The quantitative estimate of drug-likeness (QED) is 0.804. The van der Waals surface area contributed by atoms with Crippen LogP contribution in [0.4, 0.5) is 0 Å². The zero-order valence-corrected chi connectivity index (χ0v) is 11.6. The summed E-state index contributed by atoms with van der Waals surface area (Å²) >= 11 is 0. The van der Waals surface area contributed by atoms with Gasteiger partial charge in [0.2, 0.25) is 5.91 Å². The Hall–Kier alpha value is -1.10. The lowest BCUT2D eigenvalue weighted by Gasteiger charge is -2.41. The number of fused-ring (bicyclic) bond motifs is 1. The Morgan fingerprint density at radius 2 is 1.95 bits per heavy atom. The van der Waals surface area contributed by atoms with Gasteiger partial charge in [0.1, 0.15) is 6.54 Å². The highest BCUT2D eigenvalue weighted by Crippen LogP contribution is 2.32. The molecule has 1 amide bonds. The fourth-order valence-corrected chi connectivity index (χ4v) is 3.42. The number of piperidine rings is 1. The van der Waals surface area contributed by atoms with Crippen molar-refractivity contribution >= 4 is 11.9 Å². The van der Waals surface area contributed by atoms with E-state index in [1.165, 1.54) is 24.2 Å². The van der Waals surface area contributed by atoms with Crippen LogP contribution in [0.3, 0.4) is 0 Å². The van der Waals surface area contributed by atoms with Gasteiger partial charge in [-0.1, -0.05) is 12.8 Å². The number of hydrogen-bond acceptors (Lipinski definition) is 3. The summed E-state index contributed by atoms with van der Waals surface area (Å²) < 4.78 is 0. The molecule has 1 aliphatic heterocycles. The number of hydrogen-bond donors (Lipinski definition) is 2. The molecular formula is C14H24N2O3. The molecule has 3 unspecified atom stereocenters. The minimum absolute atomic E-state index is 0.0473. The Balaban J connectivity index is 1.93. The molecule has 0 aromatic rings. The molecule has 0 aromatic carbocycles. The first kappa shape index (κ1) is 14.3. The molecule has 0 spiro atoms. The third-order valence-corrected chi connectivity index (χ3v) is 4.47. The van der Waals surface area contributed by atoms with Crippen LogP contribution in [-0.2, 0) is 9.59 Å². The molecule has 2 aliphatic rings. The number of aliphatic carboxylic acids is 1. The molecule has 0 radical (unpaired) electrons. The van der Waals surface area contributed by atoms with Crippen LogP contribution in [0.1, 0.15) is 45.4 Å². The first-order valence-corrected chi connectivity index (χ1v) is 7.38. The van der Waals surface area contributed by atoms with Crippen molar-refractivity contribution in [1.82, 2.24) is 10.2 Å². The Morgan fingerprint density at radius 3 is 2.63 bits per heavy atom. The van der Waals surface area contributed by atoms with Gasteiger partial charge >= 0.3 is 5.97 Å². The van der Waals surface area contributed by atoms with E-state index in [1.807, 2.05) is 6.92 Å². The first-order valence-electron chi connectivity index (χ1n) is 7.38. The molecule has 0 aromatic heterocycles. The van der Waals surface area contributed by atoms with Crippen LogP contribution < -0.4 is 5.32 Å². The van der Waals surface area contributed by atoms with E-state index >= 15 is 0 Å². The predicted octanol–water partition coefficient (Wildman–Crippen LogP) is 1.23. The number of nitrogens with one attached hydrogen (secondary N) is 1. The Morgan fingerprint density at radius 1 is 1.21 bits per heavy atom. The normalized spacial score (nSPS) is 30.5. The van der Waals surface area contributed by atoms with Crippen LogP contribution in [0.2, 0.25) is 0 Å². The smallest absolute Gasteiger partial charge is 0.323 e. The standard InChI is InChI=1S/C14H24N2O3/c1-2-16(9-13(17)18)14(19)12-8-7-10-5-3-4-6-11(10)15-12/h10-12,15H,2-9H2,1H3,(H,17,18). The molecule has 1 heterocycles. The van der Waals surface area contributed by atoms with Gasteiger partial charge in [-0.2, -0.15) is 0 Å². The molecule has 5 nitrogen and oxygen atoms in total. The van der Waals surface area contributed by atoms with Gasteiger partial charge in [0.25, 0.3) is 0 Å². The highest BCUT2D eigenvalue weighted by molar-refractivity contribution is 5.85.